The summed E-state index contributed by atoms with van der Waals surface area (Å²) in [6.07, 6.45) is -4.24. The first-order valence-corrected chi connectivity index (χ1v) is 33.9. The highest BCUT2D eigenvalue weighted by molar-refractivity contribution is 7.17. The standard InChI is InChI=1S/C72H84F7N9O8S/c1-49-64(97-67(81-49)80-32-14-6-9-22-62(89)84(3)40-41-86-35-27-57(28-36-86)96-68(93)82-60-21-13-11-19-58(60)50-16-7-5-8-17-50)66(92)85(4)34-15-33-83(2)63(90)46-94-61-44-51-18-10-12-20-59(51)69(61)29-37-87(38-30-69)39-31-70(53-23-25-56(73)26-24-53)47-88(48-95-70)65(91)52-42-54(71(74,75)76)45-55(43-52)72(77,78)79/h5,7-8,10-13,16-21,23-26,42-43,45,57,61H,6,9,14-15,22,27-41,44,46-48H2,1-4H3,(H,80,81)(H,82,93)/t61-,70-/m0/s1. The second-order valence-corrected chi connectivity index (χ2v) is 26.8. The number of fused-ring (bicyclic) bond motifs is 2. The van der Waals surface area contributed by atoms with Crippen molar-refractivity contribution < 1.29 is 68.9 Å². The number of hydrogen-bond donors (Lipinski definition) is 2. The van der Waals surface area contributed by atoms with Gasteiger partial charge in [0.2, 0.25) is 11.8 Å². The number of carbonyl (C=O) groups excluding carboxylic acids is 5. The van der Waals surface area contributed by atoms with E-state index < -0.39 is 64.6 Å². The zero-order chi connectivity index (χ0) is 69.1. The van der Waals surface area contributed by atoms with E-state index >= 15 is 0 Å². The Labute approximate surface area is 565 Å². The van der Waals surface area contributed by atoms with Crippen LogP contribution < -0.4 is 10.6 Å². The van der Waals surface area contributed by atoms with Gasteiger partial charge in [0, 0.05) is 96.5 Å². The molecule has 4 aliphatic rings. The fourth-order valence-corrected chi connectivity index (χ4v) is 14.6. The SMILES string of the molecule is Cc1nc(NCCCCCC(=O)N(C)CCN2CCC(OC(=O)Nc3ccccc3-c3ccccc3)CC2)sc1C(=O)N(C)CCCN(C)C(=O)CO[C@H]1Cc2ccccc2C12CCN(CC[C@@]1(c3ccc(F)cc3)CN(C(=O)c3cc(C(F)(F)F)cc(C(F)(F)F)c3)CO1)CC2. The van der Waals surface area contributed by atoms with Crippen LogP contribution in [-0.4, -0.2) is 183 Å². The number of nitrogens with zero attached hydrogens (tertiary/aromatic N) is 7. The number of anilines is 2. The van der Waals surface area contributed by atoms with Crippen LogP contribution in [0.3, 0.4) is 0 Å². The number of amides is 5. The van der Waals surface area contributed by atoms with Crippen LogP contribution in [0.1, 0.15) is 118 Å². The number of likely N-dealkylation sites (tertiary alicyclic amines) is 2. The van der Waals surface area contributed by atoms with E-state index in [-0.39, 0.29) is 55.6 Å². The Hall–Kier alpha value is -7.97. The number of unbranched alkanes of at least 4 members (excludes halogenated alkanes) is 2. The van der Waals surface area contributed by atoms with E-state index in [0.29, 0.717) is 117 Å². The van der Waals surface area contributed by atoms with Gasteiger partial charge >= 0.3 is 18.4 Å². The predicted molar refractivity (Wildman–Crippen MR) is 355 cm³/mol. The average molecular weight is 1370 g/mol. The molecule has 2 N–H and O–H groups in total. The highest BCUT2D eigenvalue weighted by Crippen LogP contribution is 2.49. The molecule has 520 valence electrons. The van der Waals surface area contributed by atoms with Crippen LogP contribution in [-0.2, 0) is 53.6 Å². The molecule has 3 fully saturated rings. The number of nitrogens with one attached hydrogen (secondary N) is 2. The molecule has 2 atom stereocenters. The lowest BCUT2D eigenvalue weighted by Gasteiger charge is -2.44. The molecule has 1 spiro atoms. The monoisotopic (exact) mass is 1370 g/mol. The molecule has 4 heterocycles. The van der Waals surface area contributed by atoms with Crippen molar-refractivity contribution >= 4 is 51.9 Å². The smallest absolute Gasteiger partial charge is 0.416 e. The number of para-hydroxylation sites is 1. The minimum atomic E-state index is -5.15. The van der Waals surface area contributed by atoms with Crippen molar-refractivity contribution in [1.82, 2.24) is 34.4 Å². The van der Waals surface area contributed by atoms with Gasteiger partial charge < -0.3 is 48.9 Å². The maximum absolute atomic E-state index is 14.2. The molecule has 0 unspecified atom stereocenters. The summed E-state index contributed by atoms with van der Waals surface area (Å²) in [5.74, 6) is -1.87. The largest absolute Gasteiger partial charge is 0.446 e. The third-order valence-electron chi connectivity index (χ3n) is 19.3. The summed E-state index contributed by atoms with van der Waals surface area (Å²) in [6.45, 7) is 6.95. The molecule has 97 heavy (non-hydrogen) atoms. The normalized spacial score (nSPS) is 18.2. The Morgan fingerprint density at radius 2 is 1.37 bits per heavy atom. The van der Waals surface area contributed by atoms with Crippen LogP contribution in [0.2, 0.25) is 0 Å². The van der Waals surface area contributed by atoms with Crippen LogP contribution in [0.25, 0.3) is 11.1 Å². The number of piperidine rings is 2. The quantitative estimate of drug-likeness (QED) is 0.0390. The second-order valence-electron chi connectivity index (χ2n) is 25.8. The molecule has 0 bridgehead atoms. The van der Waals surface area contributed by atoms with E-state index in [1.165, 1.54) is 35.6 Å². The molecule has 1 aromatic heterocycles. The first kappa shape index (κ1) is 71.8. The van der Waals surface area contributed by atoms with E-state index in [1.807, 2.05) is 80.7 Å². The van der Waals surface area contributed by atoms with E-state index in [2.05, 4.69) is 37.6 Å². The van der Waals surface area contributed by atoms with E-state index in [4.69, 9.17) is 14.2 Å². The molecule has 5 amide bonds. The Morgan fingerprint density at radius 1 is 0.722 bits per heavy atom. The van der Waals surface area contributed by atoms with Crippen LogP contribution in [0.4, 0.5) is 46.3 Å². The number of halogens is 7. The lowest BCUT2D eigenvalue weighted by Crippen LogP contribution is -2.50. The van der Waals surface area contributed by atoms with Crippen molar-refractivity contribution in [2.45, 2.75) is 113 Å². The third-order valence-corrected chi connectivity index (χ3v) is 20.4. The molecule has 6 aromatic rings. The van der Waals surface area contributed by atoms with Crippen molar-refractivity contribution in [3.63, 3.8) is 0 Å². The molecule has 25 heteroatoms. The van der Waals surface area contributed by atoms with Gasteiger partial charge in [-0.05, 0) is 136 Å². The Kier molecular flexibility index (Phi) is 23.5. The molecular formula is C72H84F7N9O8S. The van der Waals surface area contributed by atoms with Crippen molar-refractivity contribution in [3.8, 4) is 11.1 Å². The first-order valence-electron chi connectivity index (χ1n) is 33.1. The second kappa shape index (κ2) is 31.7. The average Bonchev–Trinajstić information content (AvgIpc) is 1.61. The lowest BCUT2D eigenvalue weighted by molar-refractivity contribution is -0.143. The van der Waals surface area contributed by atoms with Gasteiger partial charge in [-0.2, -0.15) is 26.3 Å². The van der Waals surface area contributed by atoms with E-state index in [0.717, 1.165) is 78.9 Å². The summed E-state index contributed by atoms with van der Waals surface area (Å²) in [5, 5.41) is 6.92. The molecule has 0 radical (unpaired) electrons. The minimum absolute atomic E-state index is 0.0292. The van der Waals surface area contributed by atoms with Gasteiger partial charge in [-0.15, -0.1) is 0 Å². The number of aromatic nitrogens is 1. The molecule has 5 aromatic carbocycles. The number of thiazole rings is 1. The summed E-state index contributed by atoms with van der Waals surface area (Å²) in [7, 11) is 5.28. The molecule has 10 rings (SSSR count). The number of alkyl halides is 6. The van der Waals surface area contributed by atoms with Gasteiger partial charge in [0.05, 0.1) is 35.2 Å². The fourth-order valence-electron chi connectivity index (χ4n) is 13.6. The Bertz CT molecular complexity index is 3660. The molecule has 3 aliphatic heterocycles. The molecule has 1 aliphatic carbocycles. The number of rotatable bonds is 26. The minimum Gasteiger partial charge on any atom is -0.446 e. The van der Waals surface area contributed by atoms with Crippen molar-refractivity contribution in [2.24, 2.45) is 0 Å². The van der Waals surface area contributed by atoms with Gasteiger partial charge in [0.1, 0.15) is 35.7 Å². The van der Waals surface area contributed by atoms with Gasteiger partial charge in [0.25, 0.3) is 11.8 Å². The number of hydrogen-bond acceptors (Lipinski definition) is 13. The molecule has 17 nitrogen and oxygen atoms in total. The Morgan fingerprint density at radius 3 is 2.08 bits per heavy atom. The highest BCUT2D eigenvalue weighted by Gasteiger charge is 2.50. The van der Waals surface area contributed by atoms with Gasteiger partial charge in [-0.1, -0.05) is 103 Å². The molecule has 3 saturated heterocycles. The van der Waals surface area contributed by atoms with Crippen molar-refractivity contribution in [1.29, 1.82) is 0 Å². The van der Waals surface area contributed by atoms with Gasteiger partial charge in [0.15, 0.2) is 5.13 Å². The van der Waals surface area contributed by atoms with Crippen LogP contribution in [0.5, 0.6) is 0 Å². The summed E-state index contributed by atoms with van der Waals surface area (Å²) in [4.78, 5) is 82.8. The Balaban J connectivity index is 0.613. The molecular weight excluding hydrogens is 1280 g/mol. The van der Waals surface area contributed by atoms with Crippen molar-refractivity contribution in [2.75, 3.05) is 117 Å². The molecule has 0 saturated carbocycles. The maximum Gasteiger partial charge on any atom is 0.416 e. The van der Waals surface area contributed by atoms with E-state index in [1.54, 1.807) is 28.8 Å². The zero-order valence-corrected chi connectivity index (χ0v) is 55.9. The van der Waals surface area contributed by atoms with Crippen LogP contribution in [0.15, 0.2) is 121 Å². The summed E-state index contributed by atoms with van der Waals surface area (Å²) in [6, 6.07) is 31.9. The topological polar surface area (TPSA) is 169 Å². The van der Waals surface area contributed by atoms with Gasteiger partial charge in [-0.25, -0.2) is 14.2 Å². The number of likely N-dealkylation sites (N-methyl/N-ethyl adjacent to an activating group) is 2. The summed E-state index contributed by atoms with van der Waals surface area (Å²) in [5.41, 5.74) is 0.347. The van der Waals surface area contributed by atoms with Crippen molar-refractivity contribution in [3.05, 3.63) is 171 Å². The van der Waals surface area contributed by atoms with Crippen LogP contribution >= 0.6 is 11.3 Å². The maximum atomic E-state index is 14.2. The third kappa shape index (κ3) is 18.0. The summed E-state index contributed by atoms with van der Waals surface area (Å²) >= 11 is 1.30. The van der Waals surface area contributed by atoms with E-state index in [9.17, 15) is 54.7 Å². The fraction of sp³-hybridized carbons (Fsp3) is 0.472. The van der Waals surface area contributed by atoms with Crippen LogP contribution in [0, 0.1) is 12.7 Å². The lowest BCUT2D eigenvalue weighted by atomic mass is 9.72. The number of aryl methyl sites for hydroxylation is 1. The zero-order valence-electron chi connectivity index (χ0n) is 55.1. The first-order chi connectivity index (χ1) is 46.4. The predicted octanol–water partition coefficient (Wildman–Crippen LogP) is 12.8. The highest BCUT2D eigenvalue weighted by atomic mass is 32.1. The van der Waals surface area contributed by atoms with Gasteiger partial charge in [-0.3, -0.25) is 24.5 Å². The number of carbonyl (C=O) groups is 5. The summed E-state index contributed by atoms with van der Waals surface area (Å²) < 4.78 is 116. The number of ether oxygens (including phenoxy) is 3. The number of benzene rings is 5.